The summed E-state index contributed by atoms with van der Waals surface area (Å²) in [5, 5.41) is 11.1. The van der Waals surface area contributed by atoms with Gasteiger partial charge in [-0.05, 0) is 45.4 Å². The molecule has 5 heteroatoms. The fraction of sp³-hybridized carbons (Fsp3) is 1.00. The molecule has 0 spiro atoms. The first-order chi connectivity index (χ1) is 7.03. The van der Waals surface area contributed by atoms with Crippen LogP contribution in [0.15, 0.2) is 0 Å². The largest absolute Gasteiger partial charge is 0.390 e. The smallest absolute Gasteiger partial charge is 0.282 e. The van der Waals surface area contributed by atoms with E-state index in [4.69, 9.17) is 5.11 Å². The zero-order valence-corrected chi connectivity index (χ0v) is 9.18. The fourth-order valence-electron chi connectivity index (χ4n) is 1.78. The predicted octanol–water partition coefficient (Wildman–Crippen LogP) is 0.545. The second-order valence-corrected chi connectivity index (χ2v) is 4.39. The van der Waals surface area contributed by atoms with Crippen LogP contribution in [0.4, 0.5) is 8.78 Å². The van der Waals surface area contributed by atoms with Gasteiger partial charge in [0.15, 0.2) is 0 Å². The first kappa shape index (κ1) is 12.8. The summed E-state index contributed by atoms with van der Waals surface area (Å²) in [5.41, 5.74) is 0. The minimum absolute atomic E-state index is 0.421. The summed E-state index contributed by atoms with van der Waals surface area (Å²) in [6.07, 6.45) is 2.13. The van der Waals surface area contributed by atoms with Gasteiger partial charge in [-0.15, -0.1) is 0 Å². The Kier molecular flexibility index (Phi) is 4.89. The number of aliphatic hydroxyl groups is 1. The SMILES string of the molecule is CN1CCC(CNCC(F)(F)CO)CC1. The molecule has 1 rings (SSSR count). The van der Waals surface area contributed by atoms with Crippen LogP contribution in [0, 0.1) is 5.92 Å². The second-order valence-electron chi connectivity index (χ2n) is 4.39. The number of likely N-dealkylation sites (tertiary alicyclic amines) is 1. The molecule has 2 N–H and O–H groups in total. The van der Waals surface area contributed by atoms with Crippen molar-refractivity contribution in [2.75, 3.05) is 39.8 Å². The average molecular weight is 222 g/mol. The summed E-state index contributed by atoms with van der Waals surface area (Å²) in [7, 11) is 2.07. The molecule has 1 fully saturated rings. The van der Waals surface area contributed by atoms with Crippen molar-refractivity contribution in [1.29, 1.82) is 0 Å². The second kappa shape index (κ2) is 5.72. The van der Waals surface area contributed by atoms with Crippen molar-refractivity contribution in [2.24, 2.45) is 5.92 Å². The molecule has 0 aromatic rings. The van der Waals surface area contributed by atoms with Crippen molar-refractivity contribution < 1.29 is 13.9 Å². The van der Waals surface area contributed by atoms with E-state index >= 15 is 0 Å². The number of halogens is 2. The van der Waals surface area contributed by atoms with Gasteiger partial charge in [-0.2, -0.15) is 0 Å². The number of hydrogen-bond donors (Lipinski definition) is 2. The molecule has 0 bridgehead atoms. The van der Waals surface area contributed by atoms with E-state index in [1.807, 2.05) is 0 Å². The van der Waals surface area contributed by atoms with E-state index in [1.165, 1.54) is 0 Å². The minimum atomic E-state index is -2.98. The Hall–Kier alpha value is -0.260. The lowest BCUT2D eigenvalue weighted by Gasteiger charge is -2.29. The maximum absolute atomic E-state index is 12.6. The molecule has 1 saturated heterocycles. The molecule has 3 nitrogen and oxygen atoms in total. The molecule has 1 aliphatic heterocycles. The van der Waals surface area contributed by atoms with Gasteiger partial charge in [-0.1, -0.05) is 0 Å². The van der Waals surface area contributed by atoms with Gasteiger partial charge in [-0.3, -0.25) is 0 Å². The van der Waals surface area contributed by atoms with E-state index in [0.29, 0.717) is 12.5 Å². The molecule has 0 amide bonds. The molecular weight excluding hydrogens is 202 g/mol. The average Bonchev–Trinajstić information content (AvgIpc) is 2.21. The van der Waals surface area contributed by atoms with Gasteiger partial charge in [-0.25, -0.2) is 8.78 Å². The summed E-state index contributed by atoms with van der Waals surface area (Å²) >= 11 is 0. The van der Waals surface area contributed by atoms with Crippen LogP contribution in [-0.2, 0) is 0 Å². The van der Waals surface area contributed by atoms with Gasteiger partial charge in [0.05, 0.1) is 6.54 Å². The van der Waals surface area contributed by atoms with Gasteiger partial charge in [0.1, 0.15) is 6.61 Å². The Morgan fingerprint density at radius 2 is 2.00 bits per heavy atom. The van der Waals surface area contributed by atoms with E-state index in [2.05, 4.69) is 17.3 Å². The van der Waals surface area contributed by atoms with Crippen molar-refractivity contribution in [3.05, 3.63) is 0 Å². The van der Waals surface area contributed by atoms with Crippen LogP contribution in [0.3, 0.4) is 0 Å². The normalized spacial score (nSPS) is 20.8. The van der Waals surface area contributed by atoms with Gasteiger partial charge < -0.3 is 15.3 Å². The van der Waals surface area contributed by atoms with Crippen molar-refractivity contribution >= 4 is 0 Å². The first-order valence-corrected chi connectivity index (χ1v) is 5.41. The highest BCUT2D eigenvalue weighted by Gasteiger charge is 2.27. The van der Waals surface area contributed by atoms with Crippen molar-refractivity contribution in [1.82, 2.24) is 10.2 Å². The lowest BCUT2D eigenvalue weighted by molar-refractivity contribution is -0.0482. The number of nitrogens with zero attached hydrogens (tertiary/aromatic N) is 1. The fourth-order valence-corrected chi connectivity index (χ4v) is 1.78. The number of piperidine rings is 1. The van der Waals surface area contributed by atoms with E-state index < -0.39 is 19.1 Å². The van der Waals surface area contributed by atoms with Crippen LogP contribution in [0.1, 0.15) is 12.8 Å². The Balaban J connectivity index is 2.10. The first-order valence-electron chi connectivity index (χ1n) is 5.41. The lowest BCUT2D eigenvalue weighted by Crippen LogP contribution is -2.40. The Bertz CT molecular complexity index is 182. The molecule has 0 aromatic carbocycles. The summed E-state index contributed by atoms with van der Waals surface area (Å²) in [4.78, 5) is 2.25. The maximum atomic E-state index is 12.6. The Morgan fingerprint density at radius 1 is 1.40 bits per heavy atom. The molecule has 0 radical (unpaired) electrons. The topological polar surface area (TPSA) is 35.5 Å². The number of nitrogens with one attached hydrogen (secondary N) is 1. The third kappa shape index (κ3) is 4.86. The Morgan fingerprint density at radius 3 is 2.53 bits per heavy atom. The summed E-state index contributed by atoms with van der Waals surface area (Å²) in [5.74, 6) is -2.48. The summed E-state index contributed by atoms with van der Waals surface area (Å²) < 4.78 is 25.3. The Labute approximate surface area is 89.5 Å². The van der Waals surface area contributed by atoms with Gasteiger partial charge >= 0.3 is 0 Å². The van der Waals surface area contributed by atoms with Crippen LogP contribution in [0.5, 0.6) is 0 Å². The van der Waals surface area contributed by atoms with Crippen LogP contribution in [0.2, 0.25) is 0 Å². The number of aliphatic hydroxyl groups excluding tert-OH is 1. The number of alkyl halides is 2. The zero-order chi connectivity index (χ0) is 11.3. The molecule has 0 unspecified atom stereocenters. The molecular formula is C10H20F2N2O. The van der Waals surface area contributed by atoms with Gasteiger partial charge in [0.2, 0.25) is 0 Å². The lowest BCUT2D eigenvalue weighted by atomic mass is 9.97. The summed E-state index contributed by atoms with van der Waals surface area (Å²) in [6.45, 7) is 1.22. The van der Waals surface area contributed by atoms with Crippen molar-refractivity contribution in [3.8, 4) is 0 Å². The van der Waals surface area contributed by atoms with Gasteiger partial charge in [0, 0.05) is 0 Å². The van der Waals surface area contributed by atoms with Crippen molar-refractivity contribution in [3.63, 3.8) is 0 Å². The summed E-state index contributed by atoms with van der Waals surface area (Å²) in [6, 6.07) is 0. The quantitative estimate of drug-likeness (QED) is 0.713. The highest BCUT2D eigenvalue weighted by molar-refractivity contribution is 4.74. The van der Waals surface area contributed by atoms with E-state index in [9.17, 15) is 8.78 Å². The third-order valence-corrected chi connectivity index (χ3v) is 2.89. The molecule has 0 aliphatic carbocycles. The molecule has 1 aliphatic rings. The molecule has 0 saturated carbocycles. The molecule has 90 valence electrons. The van der Waals surface area contributed by atoms with Crippen LogP contribution in [0.25, 0.3) is 0 Å². The van der Waals surface area contributed by atoms with Crippen molar-refractivity contribution in [2.45, 2.75) is 18.8 Å². The van der Waals surface area contributed by atoms with Crippen LogP contribution in [-0.4, -0.2) is 55.8 Å². The molecule has 0 atom stereocenters. The highest BCUT2D eigenvalue weighted by Crippen LogP contribution is 2.15. The molecule has 1 heterocycles. The standard InChI is InChI=1S/C10H20F2N2O/c1-14-4-2-9(3-5-14)6-13-7-10(11,12)8-15/h9,13,15H,2-8H2,1H3. The predicted molar refractivity (Wildman–Crippen MR) is 55.1 cm³/mol. The van der Waals surface area contributed by atoms with E-state index in [1.54, 1.807) is 0 Å². The van der Waals surface area contributed by atoms with Crippen LogP contribution >= 0.6 is 0 Å². The number of hydrogen-bond acceptors (Lipinski definition) is 3. The third-order valence-electron chi connectivity index (χ3n) is 2.89. The highest BCUT2D eigenvalue weighted by atomic mass is 19.3. The van der Waals surface area contributed by atoms with E-state index in [0.717, 1.165) is 25.9 Å². The van der Waals surface area contributed by atoms with E-state index in [-0.39, 0.29) is 0 Å². The zero-order valence-electron chi connectivity index (χ0n) is 9.18. The molecule has 15 heavy (non-hydrogen) atoms. The molecule has 0 aromatic heterocycles. The minimum Gasteiger partial charge on any atom is -0.390 e. The number of rotatable bonds is 5. The maximum Gasteiger partial charge on any atom is 0.282 e. The monoisotopic (exact) mass is 222 g/mol. The van der Waals surface area contributed by atoms with Gasteiger partial charge in [0.25, 0.3) is 5.92 Å². The van der Waals surface area contributed by atoms with Crippen LogP contribution < -0.4 is 5.32 Å².